The summed E-state index contributed by atoms with van der Waals surface area (Å²) in [7, 11) is 1.55. The quantitative estimate of drug-likeness (QED) is 0.812. The number of carboxylic acid groups (broad SMARTS) is 1. The molecule has 0 bridgehead atoms. The van der Waals surface area contributed by atoms with Crippen molar-refractivity contribution in [2.75, 3.05) is 11.9 Å². The van der Waals surface area contributed by atoms with Gasteiger partial charge >= 0.3 is 5.97 Å². The number of carboxylic acids is 1. The van der Waals surface area contributed by atoms with Crippen molar-refractivity contribution in [1.82, 2.24) is 0 Å². The molecule has 0 spiro atoms. The van der Waals surface area contributed by atoms with Crippen molar-refractivity contribution in [3.8, 4) is 5.75 Å². The highest BCUT2D eigenvalue weighted by Crippen LogP contribution is 2.19. The lowest BCUT2D eigenvalue weighted by atomic mass is 10.2. The van der Waals surface area contributed by atoms with E-state index in [1.807, 2.05) is 13.8 Å². The third kappa shape index (κ3) is 4.08. The van der Waals surface area contributed by atoms with Crippen LogP contribution in [0.15, 0.2) is 24.3 Å². The molecule has 1 N–H and O–H groups in total. The number of hydrogen-bond donors (Lipinski definition) is 1. The smallest absolute Gasteiger partial charge is 0.312 e. The van der Waals surface area contributed by atoms with E-state index in [1.54, 1.807) is 31.3 Å². The van der Waals surface area contributed by atoms with Crippen LogP contribution in [0.1, 0.15) is 20.3 Å². The molecule has 0 fully saturated rings. The predicted octanol–water partition coefficient (Wildman–Crippen LogP) is 1.91. The second-order valence-corrected chi connectivity index (χ2v) is 4.18. The van der Waals surface area contributed by atoms with Gasteiger partial charge in [0.05, 0.1) is 6.10 Å². The van der Waals surface area contributed by atoms with E-state index in [-0.39, 0.29) is 6.10 Å². The lowest BCUT2D eigenvalue weighted by molar-refractivity contribution is -0.140. The van der Waals surface area contributed by atoms with E-state index >= 15 is 0 Å². The lowest BCUT2D eigenvalue weighted by Crippen LogP contribution is -2.28. The summed E-state index contributed by atoms with van der Waals surface area (Å²) in [4.78, 5) is 23.3. The molecule has 0 saturated heterocycles. The van der Waals surface area contributed by atoms with Crippen molar-refractivity contribution >= 4 is 17.6 Å². The summed E-state index contributed by atoms with van der Waals surface area (Å²) in [5.41, 5.74) is 0.636. The number of anilines is 1. The number of ether oxygens (including phenoxy) is 1. The Hall–Kier alpha value is -2.04. The molecule has 0 aliphatic heterocycles. The molecular weight excluding hydrogens is 234 g/mol. The molecule has 1 aromatic rings. The van der Waals surface area contributed by atoms with Crippen LogP contribution in [0.4, 0.5) is 5.69 Å². The fourth-order valence-electron chi connectivity index (χ4n) is 1.41. The van der Waals surface area contributed by atoms with Gasteiger partial charge in [0.2, 0.25) is 5.91 Å². The van der Waals surface area contributed by atoms with Crippen LogP contribution in [0.5, 0.6) is 5.75 Å². The van der Waals surface area contributed by atoms with Gasteiger partial charge in [0.15, 0.2) is 0 Å². The Morgan fingerprint density at radius 3 is 2.28 bits per heavy atom. The van der Waals surface area contributed by atoms with Crippen LogP contribution in [-0.4, -0.2) is 30.1 Å². The Kier molecular flexibility index (Phi) is 4.71. The summed E-state index contributed by atoms with van der Waals surface area (Å²) in [6, 6.07) is 6.94. The molecule has 1 aromatic carbocycles. The van der Waals surface area contributed by atoms with Crippen molar-refractivity contribution in [2.24, 2.45) is 0 Å². The van der Waals surface area contributed by atoms with Crippen LogP contribution < -0.4 is 9.64 Å². The number of aliphatic carboxylic acids is 1. The number of carbonyl (C=O) groups excluding carboxylic acids is 1. The number of nitrogens with zero attached hydrogens (tertiary/aromatic N) is 1. The molecule has 0 saturated carbocycles. The first-order valence-corrected chi connectivity index (χ1v) is 5.65. The fraction of sp³-hybridized carbons (Fsp3) is 0.385. The Labute approximate surface area is 106 Å². The Balaban J connectivity index is 2.72. The van der Waals surface area contributed by atoms with Crippen molar-refractivity contribution < 1.29 is 19.4 Å². The minimum atomic E-state index is -1.13. The zero-order valence-corrected chi connectivity index (χ0v) is 10.7. The van der Waals surface area contributed by atoms with Gasteiger partial charge in [0.1, 0.15) is 12.2 Å². The van der Waals surface area contributed by atoms with E-state index in [1.165, 1.54) is 4.90 Å². The van der Waals surface area contributed by atoms with Crippen LogP contribution in [-0.2, 0) is 9.59 Å². The molecule has 0 radical (unpaired) electrons. The van der Waals surface area contributed by atoms with Crippen LogP contribution in [0.2, 0.25) is 0 Å². The minimum absolute atomic E-state index is 0.0854. The summed E-state index contributed by atoms with van der Waals surface area (Å²) in [6.45, 7) is 3.85. The molecule has 0 aromatic heterocycles. The summed E-state index contributed by atoms with van der Waals surface area (Å²) in [5, 5.41) is 8.56. The first kappa shape index (κ1) is 14.0. The highest BCUT2D eigenvalue weighted by atomic mass is 16.5. The number of amides is 1. The van der Waals surface area contributed by atoms with Crippen molar-refractivity contribution in [2.45, 2.75) is 26.4 Å². The SMILES string of the molecule is CC(C)Oc1ccc(N(C)C(=O)CC(=O)O)cc1. The molecular formula is C13H17NO4. The van der Waals surface area contributed by atoms with E-state index in [2.05, 4.69) is 0 Å². The van der Waals surface area contributed by atoms with E-state index < -0.39 is 18.3 Å². The monoisotopic (exact) mass is 251 g/mol. The average Bonchev–Trinajstić information content (AvgIpc) is 2.27. The number of rotatable bonds is 5. The standard InChI is InChI=1S/C13H17NO4/c1-9(2)18-11-6-4-10(5-7-11)14(3)12(15)8-13(16)17/h4-7,9H,8H2,1-3H3,(H,16,17). The van der Waals surface area contributed by atoms with Gasteiger partial charge in [-0.05, 0) is 38.1 Å². The molecule has 0 atom stereocenters. The lowest BCUT2D eigenvalue weighted by Gasteiger charge is -2.17. The molecule has 0 unspecified atom stereocenters. The van der Waals surface area contributed by atoms with Crippen molar-refractivity contribution in [1.29, 1.82) is 0 Å². The molecule has 0 aliphatic carbocycles. The summed E-state index contributed by atoms with van der Waals surface area (Å²) < 4.78 is 5.48. The van der Waals surface area contributed by atoms with Crippen LogP contribution in [0.3, 0.4) is 0 Å². The van der Waals surface area contributed by atoms with Gasteiger partial charge in [0, 0.05) is 12.7 Å². The largest absolute Gasteiger partial charge is 0.491 e. The number of benzene rings is 1. The van der Waals surface area contributed by atoms with Crippen molar-refractivity contribution in [3.63, 3.8) is 0 Å². The zero-order chi connectivity index (χ0) is 13.7. The highest BCUT2D eigenvalue weighted by molar-refractivity contribution is 6.02. The maximum atomic E-state index is 11.5. The van der Waals surface area contributed by atoms with E-state index in [0.717, 1.165) is 0 Å². The van der Waals surface area contributed by atoms with E-state index in [9.17, 15) is 9.59 Å². The third-order valence-corrected chi connectivity index (χ3v) is 2.27. The fourth-order valence-corrected chi connectivity index (χ4v) is 1.41. The molecule has 98 valence electrons. The number of hydrogen-bond acceptors (Lipinski definition) is 3. The van der Waals surface area contributed by atoms with Gasteiger partial charge < -0.3 is 14.7 Å². The van der Waals surface area contributed by atoms with Crippen LogP contribution >= 0.6 is 0 Å². The molecule has 1 amide bonds. The van der Waals surface area contributed by atoms with Crippen LogP contribution in [0, 0.1) is 0 Å². The minimum Gasteiger partial charge on any atom is -0.491 e. The van der Waals surface area contributed by atoms with Gasteiger partial charge in [-0.2, -0.15) is 0 Å². The Morgan fingerprint density at radius 2 is 1.83 bits per heavy atom. The summed E-state index contributed by atoms with van der Waals surface area (Å²) >= 11 is 0. The second-order valence-electron chi connectivity index (χ2n) is 4.18. The predicted molar refractivity (Wildman–Crippen MR) is 67.9 cm³/mol. The van der Waals surface area contributed by atoms with Crippen LogP contribution in [0.25, 0.3) is 0 Å². The van der Waals surface area contributed by atoms with Gasteiger partial charge in [-0.25, -0.2) is 0 Å². The van der Waals surface area contributed by atoms with E-state index in [0.29, 0.717) is 11.4 Å². The van der Waals surface area contributed by atoms with E-state index in [4.69, 9.17) is 9.84 Å². The molecule has 5 heteroatoms. The molecule has 0 heterocycles. The highest BCUT2D eigenvalue weighted by Gasteiger charge is 2.14. The Morgan fingerprint density at radius 1 is 1.28 bits per heavy atom. The summed E-state index contributed by atoms with van der Waals surface area (Å²) in [5.74, 6) is -0.875. The number of carbonyl (C=O) groups is 2. The molecule has 1 rings (SSSR count). The zero-order valence-electron chi connectivity index (χ0n) is 10.7. The maximum Gasteiger partial charge on any atom is 0.312 e. The van der Waals surface area contributed by atoms with Gasteiger partial charge in [0.25, 0.3) is 0 Å². The third-order valence-electron chi connectivity index (χ3n) is 2.27. The topological polar surface area (TPSA) is 66.8 Å². The van der Waals surface area contributed by atoms with Gasteiger partial charge in [-0.15, -0.1) is 0 Å². The molecule has 0 aliphatic rings. The van der Waals surface area contributed by atoms with Gasteiger partial charge in [-0.3, -0.25) is 9.59 Å². The van der Waals surface area contributed by atoms with Crippen molar-refractivity contribution in [3.05, 3.63) is 24.3 Å². The average molecular weight is 251 g/mol. The first-order valence-electron chi connectivity index (χ1n) is 5.65. The Bertz CT molecular complexity index is 425. The second kappa shape index (κ2) is 6.05. The maximum absolute atomic E-state index is 11.5. The van der Waals surface area contributed by atoms with Gasteiger partial charge in [-0.1, -0.05) is 0 Å². The molecule has 5 nitrogen and oxygen atoms in total. The molecule has 18 heavy (non-hydrogen) atoms. The first-order chi connectivity index (χ1) is 8.40. The normalized spacial score (nSPS) is 10.2. The summed E-state index contributed by atoms with van der Waals surface area (Å²) in [6.07, 6.45) is -0.428.